The van der Waals surface area contributed by atoms with Gasteiger partial charge in [0.25, 0.3) is 5.91 Å². The average Bonchev–Trinajstić information content (AvgIpc) is 2.97. The van der Waals surface area contributed by atoms with Crippen LogP contribution in [0.4, 0.5) is 5.82 Å². The summed E-state index contributed by atoms with van der Waals surface area (Å²) in [7, 11) is 1.81. The smallest absolute Gasteiger partial charge is 0.255 e. The first-order chi connectivity index (χ1) is 12.6. The van der Waals surface area contributed by atoms with Gasteiger partial charge in [-0.05, 0) is 41.8 Å². The molecule has 3 heterocycles. The van der Waals surface area contributed by atoms with E-state index < -0.39 is 11.9 Å². The van der Waals surface area contributed by atoms with Gasteiger partial charge >= 0.3 is 0 Å². The van der Waals surface area contributed by atoms with Crippen molar-refractivity contribution in [3.63, 3.8) is 0 Å². The molecule has 3 amide bonds. The number of hydrogen-bond acceptors (Lipinski definition) is 5. The molecule has 1 aromatic heterocycles. The molecule has 0 bridgehead atoms. The molecular weight excluding hydrogens is 332 g/mol. The van der Waals surface area contributed by atoms with Crippen molar-refractivity contribution in [2.45, 2.75) is 25.4 Å². The van der Waals surface area contributed by atoms with Gasteiger partial charge in [0.1, 0.15) is 11.9 Å². The number of benzene rings is 1. The van der Waals surface area contributed by atoms with Crippen LogP contribution in [0.1, 0.15) is 28.8 Å². The van der Waals surface area contributed by atoms with E-state index in [2.05, 4.69) is 15.6 Å². The molecule has 0 spiro atoms. The molecular formula is C19H18N4O3. The van der Waals surface area contributed by atoms with Gasteiger partial charge < -0.3 is 10.2 Å². The third kappa shape index (κ3) is 2.61. The molecule has 4 rings (SSSR count). The first-order valence-electron chi connectivity index (χ1n) is 8.49. The summed E-state index contributed by atoms with van der Waals surface area (Å²) in [5.41, 5.74) is 3.39. The monoisotopic (exact) mass is 350 g/mol. The summed E-state index contributed by atoms with van der Waals surface area (Å²) in [6.07, 6.45) is 2.34. The SMILES string of the molecule is CNc1ncccc1-c1ccc2c(c1)CN(C1CCC(=O)NC1=O)C2=O. The van der Waals surface area contributed by atoms with E-state index in [1.54, 1.807) is 17.2 Å². The summed E-state index contributed by atoms with van der Waals surface area (Å²) in [5, 5.41) is 5.39. The number of pyridine rings is 1. The normalized spacial score (nSPS) is 19.3. The van der Waals surface area contributed by atoms with Gasteiger partial charge in [-0.15, -0.1) is 0 Å². The highest BCUT2D eigenvalue weighted by Crippen LogP contribution is 2.33. The van der Waals surface area contributed by atoms with Crippen LogP contribution >= 0.6 is 0 Å². The molecule has 0 radical (unpaired) electrons. The number of nitrogens with one attached hydrogen (secondary N) is 2. The van der Waals surface area contributed by atoms with Crippen LogP contribution in [0.5, 0.6) is 0 Å². The van der Waals surface area contributed by atoms with E-state index in [1.165, 1.54) is 0 Å². The number of carbonyl (C=O) groups is 3. The lowest BCUT2D eigenvalue weighted by atomic mass is 10.0. The number of carbonyl (C=O) groups excluding carboxylic acids is 3. The second kappa shape index (κ2) is 6.25. The average molecular weight is 350 g/mol. The minimum Gasteiger partial charge on any atom is -0.373 e. The lowest BCUT2D eigenvalue weighted by molar-refractivity contribution is -0.136. The third-order valence-electron chi connectivity index (χ3n) is 4.88. The number of amides is 3. The number of hydrogen-bond donors (Lipinski definition) is 2. The maximum absolute atomic E-state index is 12.7. The minimum atomic E-state index is -0.595. The maximum Gasteiger partial charge on any atom is 0.255 e. The minimum absolute atomic E-state index is 0.166. The highest BCUT2D eigenvalue weighted by molar-refractivity contribution is 6.05. The Balaban J connectivity index is 1.65. The molecule has 1 aromatic carbocycles. The number of aromatic nitrogens is 1. The highest BCUT2D eigenvalue weighted by Gasteiger charge is 2.39. The highest BCUT2D eigenvalue weighted by atomic mass is 16.2. The topological polar surface area (TPSA) is 91.4 Å². The molecule has 7 heteroatoms. The fourth-order valence-corrected chi connectivity index (χ4v) is 3.58. The van der Waals surface area contributed by atoms with Crippen LogP contribution in [0.2, 0.25) is 0 Å². The Hall–Kier alpha value is -3.22. The molecule has 1 fully saturated rings. The van der Waals surface area contributed by atoms with Crippen molar-refractivity contribution in [3.05, 3.63) is 47.7 Å². The van der Waals surface area contributed by atoms with Gasteiger partial charge in [-0.2, -0.15) is 0 Å². The van der Waals surface area contributed by atoms with Gasteiger partial charge in [0.05, 0.1) is 0 Å². The molecule has 2 aliphatic rings. The lowest BCUT2D eigenvalue weighted by Crippen LogP contribution is -2.52. The van der Waals surface area contributed by atoms with Gasteiger partial charge in [-0.25, -0.2) is 4.98 Å². The Kier molecular flexibility index (Phi) is 3.91. The van der Waals surface area contributed by atoms with Gasteiger partial charge in [-0.3, -0.25) is 19.7 Å². The zero-order valence-electron chi connectivity index (χ0n) is 14.3. The van der Waals surface area contributed by atoms with Gasteiger partial charge in [0.2, 0.25) is 11.8 Å². The zero-order valence-corrected chi connectivity index (χ0v) is 14.3. The number of piperidine rings is 1. The molecule has 1 saturated heterocycles. The predicted molar refractivity (Wildman–Crippen MR) is 95.3 cm³/mol. The largest absolute Gasteiger partial charge is 0.373 e. The first kappa shape index (κ1) is 16.3. The number of nitrogens with zero attached hydrogens (tertiary/aromatic N) is 2. The summed E-state index contributed by atoms with van der Waals surface area (Å²) >= 11 is 0. The van der Waals surface area contributed by atoms with E-state index in [1.807, 2.05) is 31.3 Å². The fourth-order valence-electron chi connectivity index (χ4n) is 3.58. The van der Waals surface area contributed by atoms with Crippen molar-refractivity contribution >= 4 is 23.5 Å². The van der Waals surface area contributed by atoms with E-state index in [9.17, 15) is 14.4 Å². The van der Waals surface area contributed by atoms with Crippen LogP contribution in [0, 0.1) is 0 Å². The van der Waals surface area contributed by atoms with Crippen LogP contribution < -0.4 is 10.6 Å². The van der Waals surface area contributed by atoms with Gasteiger partial charge in [-0.1, -0.05) is 6.07 Å². The van der Waals surface area contributed by atoms with Crippen LogP contribution in [-0.4, -0.2) is 40.7 Å². The van der Waals surface area contributed by atoms with Crippen molar-refractivity contribution in [1.82, 2.24) is 15.2 Å². The number of imide groups is 1. The molecule has 2 aliphatic heterocycles. The molecule has 132 valence electrons. The van der Waals surface area contributed by atoms with E-state index in [0.717, 1.165) is 22.5 Å². The summed E-state index contributed by atoms with van der Waals surface area (Å²) in [4.78, 5) is 42.1. The molecule has 1 atom stereocenters. The lowest BCUT2D eigenvalue weighted by Gasteiger charge is -2.29. The van der Waals surface area contributed by atoms with Crippen molar-refractivity contribution in [3.8, 4) is 11.1 Å². The molecule has 7 nitrogen and oxygen atoms in total. The van der Waals surface area contributed by atoms with E-state index in [-0.39, 0.29) is 18.2 Å². The number of fused-ring (bicyclic) bond motifs is 1. The molecule has 0 saturated carbocycles. The quantitative estimate of drug-likeness (QED) is 0.820. The predicted octanol–water partition coefficient (Wildman–Crippen LogP) is 1.55. The molecule has 2 aromatic rings. The van der Waals surface area contributed by atoms with Crippen molar-refractivity contribution in [1.29, 1.82) is 0 Å². The van der Waals surface area contributed by atoms with Crippen molar-refractivity contribution < 1.29 is 14.4 Å². The van der Waals surface area contributed by atoms with Crippen LogP contribution in [0.15, 0.2) is 36.5 Å². The van der Waals surface area contributed by atoms with Crippen molar-refractivity contribution in [2.24, 2.45) is 0 Å². The molecule has 2 N–H and O–H groups in total. The van der Waals surface area contributed by atoms with Crippen LogP contribution in [0.3, 0.4) is 0 Å². The first-order valence-corrected chi connectivity index (χ1v) is 8.49. The van der Waals surface area contributed by atoms with Gasteiger partial charge in [0.15, 0.2) is 0 Å². The van der Waals surface area contributed by atoms with Gasteiger partial charge in [0, 0.05) is 37.3 Å². The summed E-state index contributed by atoms with van der Waals surface area (Å²) in [6, 6.07) is 8.90. The second-order valence-electron chi connectivity index (χ2n) is 6.42. The molecule has 0 aliphatic carbocycles. The zero-order chi connectivity index (χ0) is 18.3. The van der Waals surface area contributed by atoms with E-state index >= 15 is 0 Å². The Morgan fingerprint density at radius 2 is 2.04 bits per heavy atom. The Morgan fingerprint density at radius 3 is 2.81 bits per heavy atom. The number of rotatable bonds is 3. The van der Waals surface area contributed by atoms with E-state index in [0.29, 0.717) is 18.5 Å². The van der Waals surface area contributed by atoms with Crippen LogP contribution in [-0.2, 0) is 16.1 Å². The van der Waals surface area contributed by atoms with E-state index in [4.69, 9.17) is 0 Å². The molecule has 1 unspecified atom stereocenters. The fraction of sp³-hybridized carbons (Fsp3) is 0.263. The maximum atomic E-state index is 12.7. The number of anilines is 1. The van der Waals surface area contributed by atoms with Crippen LogP contribution in [0.25, 0.3) is 11.1 Å². The summed E-state index contributed by atoms with van der Waals surface area (Å²) in [5.74, 6) is -0.0823. The van der Waals surface area contributed by atoms with Crippen molar-refractivity contribution in [2.75, 3.05) is 12.4 Å². The summed E-state index contributed by atoms with van der Waals surface area (Å²) < 4.78 is 0. The Labute approximate surface area is 150 Å². The molecule has 26 heavy (non-hydrogen) atoms. The second-order valence-corrected chi connectivity index (χ2v) is 6.42. The third-order valence-corrected chi connectivity index (χ3v) is 4.88. The Morgan fingerprint density at radius 1 is 1.19 bits per heavy atom. The standard InChI is InChI=1S/C19H18N4O3/c1-20-17-13(3-2-8-21-17)11-4-5-14-12(9-11)10-23(19(14)26)15-6-7-16(24)22-18(15)25/h2-5,8-9,15H,6-7,10H2,1H3,(H,20,21)(H,22,24,25). The Bertz CT molecular complexity index is 925. The summed E-state index contributed by atoms with van der Waals surface area (Å²) in [6.45, 7) is 0.365.